The highest BCUT2D eigenvalue weighted by molar-refractivity contribution is 7.27. The van der Waals surface area contributed by atoms with Crippen LogP contribution in [0.5, 0.6) is 0 Å². The van der Waals surface area contributed by atoms with Gasteiger partial charge >= 0.3 is 0 Å². The molecule has 1 nitrogen and oxygen atoms in total. The molecule has 0 N–H and O–H groups in total. The fourth-order valence-corrected chi connectivity index (χ4v) is 1.30. The van der Waals surface area contributed by atoms with Gasteiger partial charge in [0.05, 0.1) is 0 Å². The first-order chi connectivity index (χ1) is 5.56. The molecule has 1 unspecified atom stereocenters. The van der Waals surface area contributed by atoms with E-state index in [1.165, 1.54) is 0 Å². The van der Waals surface area contributed by atoms with E-state index in [0.717, 1.165) is 17.2 Å². The van der Waals surface area contributed by atoms with Gasteiger partial charge in [-0.3, -0.25) is 0 Å². The predicted octanol–water partition coefficient (Wildman–Crippen LogP) is 1.66. The maximum atomic E-state index is 10.7. The molecular weight excluding hydrogens is 167 g/mol. The molecule has 2 heteroatoms. The highest BCUT2D eigenvalue weighted by atomic mass is 31.0. The van der Waals surface area contributed by atoms with Gasteiger partial charge in [-0.15, -0.1) is 9.24 Å². The van der Waals surface area contributed by atoms with E-state index in [4.69, 9.17) is 0 Å². The number of rotatable bonds is 2. The zero-order valence-electron chi connectivity index (χ0n) is 7.37. The summed E-state index contributed by atoms with van der Waals surface area (Å²) >= 11 is 0. The van der Waals surface area contributed by atoms with Crippen molar-refractivity contribution in [1.82, 2.24) is 0 Å². The molecule has 1 aromatic rings. The van der Waals surface area contributed by atoms with Crippen molar-refractivity contribution in [1.29, 1.82) is 0 Å². The molecule has 0 fully saturated rings. The van der Waals surface area contributed by atoms with Crippen LogP contribution in [0, 0.1) is 0 Å². The van der Waals surface area contributed by atoms with Gasteiger partial charge in [0.25, 0.3) is 0 Å². The lowest BCUT2D eigenvalue weighted by Gasteiger charge is -2.17. The summed E-state index contributed by atoms with van der Waals surface area (Å²) < 4.78 is 0. The Bertz CT molecular complexity index is 292. The van der Waals surface area contributed by atoms with Crippen LogP contribution in [0.2, 0.25) is 0 Å². The number of hydrogen-bond acceptors (Lipinski definition) is 1. The smallest absolute Gasteiger partial charge is 0.129 e. The summed E-state index contributed by atoms with van der Waals surface area (Å²) in [5.41, 5.74) is 0.692. The van der Waals surface area contributed by atoms with Crippen LogP contribution < -0.4 is 5.30 Å². The largest absolute Gasteiger partial charge is 0.302 e. The van der Waals surface area contributed by atoms with E-state index in [1.54, 1.807) is 0 Å². The molecule has 0 spiro atoms. The Labute approximate surface area is 75.4 Å². The van der Waals surface area contributed by atoms with Crippen LogP contribution in [-0.4, -0.2) is 6.29 Å². The summed E-state index contributed by atoms with van der Waals surface area (Å²) in [4.78, 5) is 10.7. The summed E-state index contributed by atoms with van der Waals surface area (Å²) in [5, 5.41) is 1.11. The van der Waals surface area contributed by atoms with Crippen molar-refractivity contribution in [2.45, 2.75) is 19.3 Å². The average Bonchev–Trinajstić information content (AvgIpc) is 2.05. The van der Waals surface area contributed by atoms with Crippen molar-refractivity contribution >= 4 is 20.8 Å². The van der Waals surface area contributed by atoms with Crippen LogP contribution in [0.15, 0.2) is 24.3 Å². The Morgan fingerprint density at radius 3 is 2.58 bits per heavy atom. The molecule has 1 atom stereocenters. The van der Waals surface area contributed by atoms with E-state index in [0.29, 0.717) is 0 Å². The van der Waals surface area contributed by atoms with Crippen LogP contribution in [0.4, 0.5) is 0 Å². The van der Waals surface area contributed by atoms with Crippen LogP contribution in [-0.2, 0) is 10.2 Å². The molecule has 0 aliphatic heterocycles. The van der Waals surface area contributed by atoms with Gasteiger partial charge in [0.1, 0.15) is 6.29 Å². The fourth-order valence-electron chi connectivity index (χ4n) is 1.01. The molecule has 0 bridgehead atoms. The molecule has 1 aromatic carbocycles. The van der Waals surface area contributed by atoms with Gasteiger partial charge in [0.2, 0.25) is 0 Å². The molecule has 0 amide bonds. The lowest BCUT2D eigenvalue weighted by atomic mass is 9.86. The second-order valence-corrected chi connectivity index (χ2v) is 4.13. The lowest BCUT2D eigenvalue weighted by Crippen LogP contribution is -2.19. The minimum absolute atomic E-state index is 0.368. The van der Waals surface area contributed by atoms with Crippen molar-refractivity contribution < 1.29 is 4.79 Å². The maximum absolute atomic E-state index is 10.7. The maximum Gasteiger partial charge on any atom is 0.129 e. The average molecular weight is 180 g/mol. The van der Waals surface area contributed by atoms with Crippen LogP contribution in [0.3, 0.4) is 0 Å². The number of carbonyl (C=O) groups is 1. The first-order valence-corrected chi connectivity index (χ1v) is 4.46. The highest BCUT2D eigenvalue weighted by Gasteiger charge is 2.18. The second kappa shape index (κ2) is 3.37. The van der Waals surface area contributed by atoms with Gasteiger partial charge in [0, 0.05) is 5.41 Å². The van der Waals surface area contributed by atoms with E-state index in [1.807, 2.05) is 38.1 Å². The third kappa shape index (κ3) is 1.92. The monoisotopic (exact) mass is 180 g/mol. The Morgan fingerprint density at radius 1 is 1.42 bits per heavy atom. The van der Waals surface area contributed by atoms with Gasteiger partial charge < -0.3 is 4.79 Å². The normalized spacial score (nSPS) is 11.2. The summed E-state index contributed by atoms with van der Waals surface area (Å²) in [5.74, 6) is 0. The van der Waals surface area contributed by atoms with Crippen molar-refractivity contribution in [3.8, 4) is 0 Å². The van der Waals surface area contributed by atoms with Crippen molar-refractivity contribution in [2.24, 2.45) is 0 Å². The Kier molecular flexibility index (Phi) is 2.64. The molecule has 0 radical (unpaired) electrons. The van der Waals surface area contributed by atoms with Crippen LogP contribution in [0.1, 0.15) is 19.4 Å². The first kappa shape index (κ1) is 9.41. The van der Waals surface area contributed by atoms with E-state index in [2.05, 4.69) is 9.24 Å². The van der Waals surface area contributed by atoms with E-state index in [-0.39, 0.29) is 5.41 Å². The minimum Gasteiger partial charge on any atom is -0.302 e. The van der Waals surface area contributed by atoms with Gasteiger partial charge in [0.15, 0.2) is 0 Å². The van der Waals surface area contributed by atoms with Gasteiger partial charge in [-0.2, -0.15) is 0 Å². The van der Waals surface area contributed by atoms with Crippen LogP contribution in [0.25, 0.3) is 0 Å². The highest BCUT2D eigenvalue weighted by Crippen LogP contribution is 2.19. The van der Waals surface area contributed by atoms with E-state index < -0.39 is 0 Å². The van der Waals surface area contributed by atoms with E-state index >= 15 is 0 Å². The van der Waals surface area contributed by atoms with Gasteiger partial charge in [-0.1, -0.05) is 24.3 Å². The molecule has 0 saturated carbocycles. The van der Waals surface area contributed by atoms with Crippen LogP contribution >= 0.6 is 9.24 Å². The molecule has 12 heavy (non-hydrogen) atoms. The van der Waals surface area contributed by atoms with Gasteiger partial charge in [-0.25, -0.2) is 0 Å². The molecule has 0 aliphatic rings. The molecule has 0 saturated heterocycles. The van der Waals surface area contributed by atoms with Crippen molar-refractivity contribution in [3.05, 3.63) is 29.8 Å². The second-order valence-electron chi connectivity index (χ2n) is 3.47. The summed E-state index contributed by atoms with van der Waals surface area (Å²) in [6.45, 7) is 3.83. The van der Waals surface area contributed by atoms with Gasteiger partial charge in [-0.05, 0) is 24.7 Å². The molecule has 64 valence electrons. The SMILES string of the molecule is CC(C)(C=O)c1cccc(P)c1. The number of benzene rings is 1. The Hall–Kier alpha value is -0.680. The quantitative estimate of drug-likeness (QED) is 0.499. The standard InChI is InChI=1S/C10H13OP/c1-10(2,7-11)8-4-3-5-9(12)6-8/h3-7H,12H2,1-2H3. The zero-order chi connectivity index (χ0) is 9.19. The molecular formula is C10H13OP. The predicted molar refractivity (Wildman–Crippen MR) is 54.9 cm³/mol. The third-order valence-corrected chi connectivity index (χ3v) is 2.28. The summed E-state index contributed by atoms with van der Waals surface area (Å²) in [7, 11) is 2.63. The molecule has 1 rings (SSSR count). The molecule has 0 heterocycles. The number of hydrogen-bond donors (Lipinski definition) is 0. The van der Waals surface area contributed by atoms with Crippen molar-refractivity contribution in [2.75, 3.05) is 0 Å². The number of carbonyl (C=O) groups excluding carboxylic acids is 1. The zero-order valence-corrected chi connectivity index (χ0v) is 8.53. The Balaban J connectivity index is 3.11. The lowest BCUT2D eigenvalue weighted by molar-refractivity contribution is -0.111. The number of aldehydes is 1. The molecule has 0 aromatic heterocycles. The van der Waals surface area contributed by atoms with E-state index in [9.17, 15) is 4.79 Å². The topological polar surface area (TPSA) is 17.1 Å². The summed E-state index contributed by atoms with van der Waals surface area (Å²) in [6, 6.07) is 7.94. The first-order valence-electron chi connectivity index (χ1n) is 3.88. The van der Waals surface area contributed by atoms with Crippen molar-refractivity contribution in [3.63, 3.8) is 0 Å². The Morgan fingerprint density at radius 2 is 2.08 bits per heavy atom. The minimum atomic E-state index is -0.368. The third-order valence-electron chi connectivity index (χ3n) is 1.93. The fraction of sp³-hybridized carbons (Fsp3) is 0.300. The molecule has 0 aliphatic carbocycles. The summed E-state index contributed by atoms with van der Waals surface area (Å²) in [6.07, 6.45) is 0.979.